The minimum atomic E-state index is -0.250. The monoisotopic (exact) mass is 374 g/mol. The number of ether oxygens (including phenoxy) is 1. The van der Waals surface area contributed by atoms with Gasteiger partial charge in [-0.15, -0.1) is 0 Å². The second-order valence-electron chi connectivity index (χ2n) is 5.00. The number of halogens is 1. The van der Waals surface area contributed by atoms with E-state index in [4.69, 9.17) is 4.74 Å². The van der Waals surface area contributed by atoms with Gasteiger partial charge in [0.2, 0.25) is 0 Å². The van der Waals surface area contributed by atoms with Crippen LogP contribution in [0, 0.1) is 0 Å². The van der Waals surface area contributed by atoms with E-state index in [1.54, 1.807) is 13.3 Å². The number of nitrogens with one attached hydrogen (secondary N) is 2. The Morgan fingerprint density at radius 3 is 2.61 bits per heavy atom. The summed E-state index contributed by atoms with van der Waals surface area (Å²) in [7, 11) is 1.63. The molecule has 1 atom stereocenters. The fourth-order valence-electron chi connectivity index (χ4n) is 2.04. The Hall–Kier alpha value is -2.27. The minimum Gasteiger partial charge on any atom is -0.497 e. The maximum absolute atomic E-state index is 11.9. The van der Waals surface area contributed by atoms with E-state index in [0.29, 0.717) is 0 Å². The molecule has 1 unspecified atom stereocenters. The van der Waals surface area contributed by atoms with Crippen LogP contribution < -0.4 is 15.4 Å². The Labute approximate surface area is 144 Å². The second-order valence-corrected chi connectivity index (χ2v) is 5.92. The molecular formula is C18H19BrN2O2. The van der Waals surface area contributed by atoms with E-state index in [1.165, 1.54) is 0 Å². The quantitative estimate of drug-likeness (QED) is 0.809. The first-order valence-electron chi connectivity index (χ1n) is 7.21. The predicted molar refractivity (Wildman–Crippen MR) is 96.3 cm³/mol. The van der Waals surface area contributed by atoms with E-state index >= 15 is 0 Å². The summed E-state index contributed by atoms with van der Waals surface area (Å²) in [6.07, 6.45) is 3.46. The maximum atomic E-state index is 11.9. The minimum absolute atomic E-state index is 0.0971. The first-order valence-corrected chi connectivity index (χ1v) is 8.01. The molecule has 2 rings (SSSR count). The number of rotatable bonds is 5. The maximum Gasteiger partial charge on any atom is 0.319 e. The van der Waals surface area contributed by atoms with E-state index < -0.39 is 0 Å². The van der Waals surface area contributed by atoms with Crippen molar-refractivity contribution >= 4 is 28.0 Å². The number of benzene rings is 2. The molecular weight excluding hydrogens is 356 g/mol. The van der Waals surface area contributed by atoms with Crippen LogP contribution in [0.1, 0.15) is 24.1 Å². The van der Waals surface area contributed by atoms with Gasteiger partial charge in [0, 0.05) is 10.7 Å². The van der Waals surface area contributed by atoms with E-state index in [2.05, 4.69) is 26.6 Å². The molecule has 23 heavy (non-hydrogen) atoms. The van der Waals surface area contributed by atoms with E-state index in [-0.39, 0.29) is 12.1 Å². The van der Waals surface area contributed by atoms with Gasteiger partial charge in [-0.2, -0.15) is 0 Å². The first-order chi connectivity index (χ1) is 11.1. The molecule has 2 aromatic carbocycles. The summed E-state index contributed by atoms with van der Waals surface area (Å²) in [6, 6.07) is 15.1. The van der Waals surface area contributed by atoms with Crippen LogP contribution in [-0.2, 0) is 0 Å². The third-order valence-electron chi connectivity index (χ3n) is 3.30. The van der Waals surface area contributed by atoms with Gasteiger partial charge >= 0.3 is 6.03 Å². The molecule has 0 fully saturated rings. The van der Waals surface area contributed by atoms with Crippen LogP contribution in [-0.4, -0.2) is 13.1 Å². The SMILES string of the molecule is COc1ccc(C(C)NC(=O)N/C=C/c2cccc(Br)c2)cc1. The number of carbonyl (C=O) groups is 1. The van der Waals surface area contributed by atoms with Crippen molar-refractivity contribution < 1.29 is 9.53 Å². The zero-order valence-corrected chi connectivity index (χ0v) is 14.6. The van der Waals surface area contributed by atoms with Crippen LogP contribution in [0.25, 0.3) is 6.08 Å². The van der Waals surface area contributed by atoms with Crippen molar-refractivity contribution in [2.24, 2.45) is 0 Å². The number of methoxy groups -OCH3 is 1. The normalized spacial score (nSPS) is 12.0. The third-order valence-corrected chi connectivity index (χ3v) is 3.80. The number of hydrogen-bond donors (Lipinski definition) is 2. The van der Waals surface area contributed by atoms with Crippen molar-refractivity contribution in [3.05, 3.63) is 70.3 Å². The molecule has 5 heteroatoms. The highest BCUT2D eigenvalue weighted by molar-refractivity contribution is 9.10. The molecule has 0 aromatic heterocycles. The molecule has 2 N–H and O–H groups in total. The van der Waals surface area contributed by atoms with E-state index in [0.717, 1.165) is 21.3 Å². The molecule has 2 amide bonds. The highest BCUT2D eigenvalue weighted by atomic mass is 79.9. The van der Waals surface area contributed by atoms with Gasteiger partial charge in [-0.3, -0.25) is 0 Å². The van der Waals surface area contributed by atoms with Crippen molar-refractivity contribution in [3.8, 4) is 5.75 Å². The molecule has 0 saturated carbocycles. The van der Waals surface area contributed by atoms with Crippen molar-refractivity contribution in [1.82, 2.24) is 10.6 Å². The molecule has 0 radical (unpaired) electrons. The lowest BCUT2D eigenvalue weighted by Gasteiger charge is -2.14. The molecule has 0 spiro atoms. The summed E-state index contributed by atoms with van der Waals surface area (Å²) in [4.78, 5) is 11.9. The third kappa shape index (κ3) is 5.45. The van der Waals surface area contributed by atoms with Crippen LogP contribution in [0.15, 0.2) is 59.2 Å². The molecule has 0 heterocycles. The van der Waals surface area contributed by atoms with Crippen LogP contribution in [0.3, 0.4) is 0 Å². The van der Waals surface area contributed by atoms with Crippen LogP contribution in [0.2, 0.25) is 0 Å². The second kappa shape index (κ2) is 8.39. The lowest BCUT2D eigenvalue weighted by molar-refractivity contribution is 0.241. The fourth-order valence-corrected chi connectivity index (χ4v) is 2.46. The number of amides is 2. The van der Waals surface area contributed by atoms with Gasteiger partial charge < -0.3 is 15.4 Å². The smallest absolute Gasteiger partial charge is 0.319 e. The molecule has 0 aliphatic heterocycles. The zero-order chi connectivity index (χ0) is 16.7. The van der Waals surface area contributed by atoms with Crippen molar-refractivity contribution in [1.29, 1.82) is 0 Å². The standard InChI is InChI=1S/C18H19BrN2O2/c1-13(15-6-8-17(23-2)9-7-15)21-18(22)20-11-10-14-4-3-5-16(19)12-14/h3-13H,1-2H3,(H2,20,21,22)/b11-10+. The highest BCUT2D eigenvalue weighted by Crippen LogP contribution is 2.17. The summed E-state index contributed by atoms with van der Waals surface area (Å²) in [5.41, 5.74) is 2.01. The molecule has 4 nitrogen and oxygen atoms in total. The van der Waals surface area contributed by atoms with Gasteiger partial charge in [-0.1, -0.05) is 40.2 Å². The average Bonchev–Trinajstić information content (AvgIpc) is 2.55. The number of carbonyl (C=O) groups excluding carboxylic acids is 1. The molecule has 0 aliphatic carbocycles. The molecule has 0 saturated heterocycles. The van der Waals surface area contributed by atoms with Crippen LogP contribution in [0.5, 0.6) is 5.75 Å². The molecule has 2 aromatic rings. The van der Waals surface area contributed by atoms with Gasteiger partial charge in [0.15, 0.2) is 0 Å². The Bertz CT molecular complexity index is 684. The Morgan fingerprint density at radius 1 is 1.22 bits per heavy atom. The molecule has 0 aliphatic rings. The summed E-state index contributed by atoms with van der Waals surface area (Å²) >= 11 is 3.41. The van der Waals surface area contributed by atoms with Crippen LogP contribution >= 0.6 is 15.9 Å². The molecule has 0 bridgehead atoms. The van der Waals surface area contributed by atoms with Gasteiger partial charge in [0.1, 0.15) is 5.75 Å². The number of urea groups is 1. The molecule has 120 valence electrons. The Morgan fingerprint density at radius 2 is 1.96 bits per heavy atom. The predicted octanol–water partition coefficient (Wildman–Crippen LogP) is 4.49. The summed E-state index contributed by atoms with van der Waals surface area (Å²) in [5, 5.41) is 5.58. The lowest BCUT2D eigenvalue weighted by atomic mass is 10.1. The Balaban J connectivity index is 1.86. The number of hydrogen-bond acceptors (Lipinski definition) is 2. The van der Waals surface area contributed by atoms with Gasteiger partial charge in [0.05, 0.1) is 13.2 Å². The lowest BCUT2D eigenvalue weighted by Crippen LogP contribution is -2.34. The van der Waals surface area contributed by atoms with E-state index in [1.807, 2.05) is 61.5 Å². The van der Waals surface area contributed by atoms with Crippen molar-refractivity contribution in [2.45, 2.75) is 13.0 Å². The summed E-state index contributed by atoms with van der Waals surface area (Å²) in [5.74, 6) is 0.794. The van der Waals surface area contributed by atoms with Crippen molar-refractivity contribution in [2.75, 3.05) is 7.11 Å². The van der Waals surface area contributed by atoms with Gasteiger partial charge in [0.25, 0.3) is 0 Å². The zero-order valence-electron chi connectivity index (χ0n) is 13.0. The van der Waals surface area contributed by atoms with Gasteiger partial charge in [-0.25, -0.2) is 4.79 Å². The largest absolute Gasteiger partial charge is 0.497 e. The highest BCUT2D eigenvalue weighted by Gasteiger charge is 2.08. The average molecular weight is 375 g/mol. The fraction of sp³-hybridized carbons (Fsp3) is 0.167. The summed E-state index contributed by atoms with van der Waals surface area (Å²) in [6.45, 7) is 1.93. The topological polar surface area (TPSA) is 50.4 Å². The summed E-state index contributed by atoms with van der Waals surface area (Å²) < 4.78 is 6.12. The van der Waals surface area contributed by atoms with E-state index in [9.17, 15) is 4.79 Å². The van der Waals surface area contributed by atoms with Crippen LogP contribution in [0.4, 0.5) is 4.79 Å². The van der Waals surface area contributed by atoms with Gasteiger partial charge in [-0.05, 0) is 48.4 Å². The first kappa shape index (κ1) is 17.1. The Kier molecular flexibility index (Phi) is 6.23. The van der Waals surface area contributed by atoms with Crippen molar-refractivity contribution in [3.63, 3.8) is 0 Å².